The number of halogens is 1. The van der Waals surface area contributed by atoms with Crippen LogP contribution in [0.3, 0.4) is 0 Å². The second kappa shape index (κ2) is 6.73. The average molecular weight is 397 g/mol. The topological polar surface area (TPSA) is 105 Å². The number of nitrogens with two attached hydrogens (primary N) is 2. The van der Waals surface area contributed by atoms with Crippen LogP contribution in [0.4, 0.5) is 4.39 Å². The van der Waals surface area contributed by atoms with Crippen molar-refractivity contribution in [2.45, 2.75) is 58.0 Å². The first kappa shape index (κ1) is 19.7. The Morgan fingerprint density at radius 2 is 2.10 bits per heavy atom. The molecule has 0 fully saturated rings. The van der Waals surface area contributed by atoms with E-state index in [4.69, 9.17) is 11.5 Å². The van der Waals surface area contributed by atoms with Crippen molar-refractivity contribution in [1.29, 1.82) is 0 Å². The zero-order chi connectivity index (χ0) is 21.1. The number of amides is 1. The molecule has 154 valence electrons. The molecule has 0 saturated carbocycles. The third-order valence-electron chi connectivity index (χ3n) is 6.71. The van der Waals surface area contributed by atoms with Crippen LogP contribution in [0, 0.1) is 11.7 Å². The molecule has 6 N–H and O–H groups in total. The first-order valence-electron chi connectivity index (χ1n) is 10.1. The first-order valence-corrected chi connectivity index (χ1v) is 10.1. The molecule has 0 aliphatic heterocycles. The number of allylic oxidation sites excluding steroid dienone is 3. The van der Waals surface area contributed by atoms with E-state index in [1.165, 1.54) is 6.07 Å². The number of primary amides is 1. The van der Waals surface area contributed by atoms with E-state index in [9.17, 15) is 9.90 Å². The van der Waals surface area contributed by atoms with E-state index in [-0.39, 0.29) is 17.4 Å². The molecule has 0 radical (unpaired) electrons. The highest BCUT2D eigenvalue weighted by molar-refractivity contribution is 6.07. The maximum Gasteiger partial charge on any atom is 0.250 e. The average Bonchev–Trinajstić information content (AvgIpc) is 3.01. The molecule has 5 nitrogen and oxygen atoms in total. The lowest BCUT2D eigenvalue weighted by Gasteiger charge is -2.32. The Morgan fingerprint density at radius 1 is 1.38 bits per heavy atom. The molecule has 6 heteroatoms. The maximum absolute atomic E-state index is 15.4. The minimum absolute atomic E-state index is 0.0864. The van der Waals surface area contributed by atoms with Gasteiger partial charge in [0.25, 0.3) is 5.91 Å². The van der Waals surface area contributed by atoms with E-state index < -0.39 is 17.3 Å². The van der Waals surface area contributed by atoms with E-state index >= 15 is 4.39 Å². The van der Waals surface area contributed by atoms with Crippen molar-refractivity contribution in [2.24, 2.45) is 17.4 Å². The molecule has 2 aliphatic rings. The Hall–Kier alpha value is -2.60. The van der Waals surface area contributed by atoms with Crippen LogP contribution < -0.4 is 11.5 Å². The Kier molecular flexibility index (Phi) is 4.57. The highest BCUT2D eigenvalue weighted by Crippen LogP contribution is 2.44. The zero-order valence-electron chi connectivity index (χ0n) is 17.1. The summed E-state index contributed by atoms with van der Waals surface area (Å²) in [4.78, 5) is 15.4. The smallest absolute Gasteiger partial charge is 0.250 e. The highest BCUT2D eigenvalue weighted by Gasteiger charge is 2.35. The molecule has 29 heavy (non-hydrogen) atoms. The molecule has 0 bridgehead atoms. The lowest BCUT2D eigenvalue weighted by molar-refractivity contribution is 0.0107. The van der Waals surface area contributed by atoms with Crippen LogP contribution in [0.1, 0.15) is 66.7 Å². The van der Waals surface area contributed by atoms with Crippen LogP contribution >= 0.6 is 0 Å². The van der Waals surface area contributed by atoms with E-state index in [2.05, 4.69) is 4.98 Å². The van der Waals surface area contributed by atoms with Gasteiger partial charge < -0.3 is 21.6 Å². The highest BCUT2D eigenvalue weighted by atomic mass is 19.1. The lowest BCUT2D eigenvalue weighted by Crippen LogP contribution is -2.35. The number of aromatic amines is 1. The molecule has 1 aromatic heterocycles. The molecule has 0 spiro atoms. The van der Waals surface area contributed by atoms with E-state index in [1.807, 2.05) is 32.9 Å². The third-order valence-corrected chi connectivity index (χ3v) is 6.71. The van der Waals surface area contributed by atoms with E-state index in [1.54, 1.807) is 0 Å². The number of hydrogen-bond donors (Lipinski definition) is 4. The van der Waals surface area contributed by atoms with Crippen molar-refractivity contribution in [3.63, 3.8) is 0 Å². The minimum Gasteiger partial charge on any atom is -0.399 e. The van der Waals surface area contributed by atoms with Gasteiger partial charge in [-0.05, 0) is 75.7 Å². The van der Waals surface area contributed by atoms with Crippen molar-refractivity contribution < 1.29 is 14.3 Å². The van der Waals surface area contributed by atoms with Crippen LogP contribution in [0.15, 0.2) is 29.5 Å². The van der Waals surface area contributed by atoms with Gasteiger partial charge in [0.05, 0.1) is 16.7 Å². The third kappa shape index (κ3) is 3.15. The molecule has 1 aromatic carbocycles. The fourth-order valence-electron chi connectivity index (χ4n) is 4.92. The number of nitrogens with one attached hydrogen (secondary N) is 1. The quantitative estimate of drug-likeness (QED) is 0.636. The summed E-state index contributed by atoms with van der Waals surface area (Å²) in [6.07, 6.45) is 6.63. The number of aliphatic hydroxyl groups is 1. The number of rotatable bonds is 3. The number of H-pyrrole nitrogens is 1. The normalized spacial score (nSPS) is 22.2. The number of benzene rings is 1. The van der Waals surface area contributed by atoms with Crippen LogP contribution in [-0.4, -0.2) is 21.6 Å². The van der Waals surface area contributed by atoms with Gasteiger partial charge in [-0.2, -0.15) is 0 Å². The molecule has 1 unspecified atom stereocenters. The molecular formula is C23H28FN3O2. The molecule has 2 aromatic rings. The number of fused-ring (bicyclic) bond motifs is 3. The van der Waals surface area contributed by atoms with Crippen molar-refractivity contribution in [3.05, 3.63) is 57.7 Å². The monoisotopic (exact) mass is 397 g/mol. The molecule has 1 amide bonds. The molecule has 2 aliphatic carbocycles. The SMILES string of the molecule is CC1=C(N)C=CCC1c1c(F)cc(C(N)=O)c2[nH]c3c(c12)CC[C@H](C(C)(C)O)C3. The number of hydrogen-bond acceptors (Lipinski definition) is 3. The van der Waals surface area contributed by atoms with Crippen molar-refractivity contribution in [1.82, 2.24) is 4.98 Å². The van der Waals surface area contributed by atoms with Crippen LogP contribution in [0.2, 0.25) is 0 Å². The predicted molar refractivity (Wildman–Crippen MR) is 112 cm³/mol. The number of aromatic nitrogens is 1. The second-order valence-electron chi connectivity index (χ2n) is 8.94. The zero-order valence-corrected chi connectivity index (χ0v) is 17.1. The van der Waals surface area contributed by atoms with E-state index in [0.29, 0.717) is 36.0 Å². The van der Waals surface area contributed by atoms with Crippen molar-refractivity contribution >= 4 is 16.8 Å². The summed E-state index contributed by atoms with van der Waals surface area (Å²) in [7, 11) is 0. The summed E-state index contributed by atoms with van der Waals surface area (Å²) in [6, 6.07) is 1.25. The van der Waals surface area contributed by atoms with Gasteiger partial charge in [-0.15, -0.1) is 0 Å². The summed E-state index contributed by atoms with van der Waals surface area (Å²) in [6.45, 7) is 5.56. The summed E-state index contributed by atoms with van der Waals surface area (Å²) in [5.41, 5.74) is 15.8. The Bertz CT molecular complexity index is 1070. The summed E-state index contributed by atoms with van der Waals surface area (Å²) in [5.74, 6) is -1.18. The van der Waals surface area contributed by atoms with Gasteiger partial charge in [0.15, 0.2) is 0 Å². The predicted octanol–water partition coefficient (Wildman–Crippen LogP) is 3.56. The van der Waals surface area contributed by atoms with Gasteiger partial charge >= 0.3 is 0 Å². The molecule has 4 rings (SSSR count). The minimum atomic E-state index is -0.808. The summed E-state index contributed by atoms with van der Waals surface area (Å²) in [5, 5.41) is 11.2. The summed E-state index contributed by atoms with van der Waals surface area (Å²) >= 11 is 0. The second-order valence-corrected chi connectivity index (χ2v) is 8.94. The maximum atomic E-state index is 15.4. The molecule has 0 saturated heterocycles. The van der Waals surface area contributed by atoms with Gasteiger partial charge in [0, 0.05) is 28.3 Å². The Balaban J connectivity index is 1.98. The largest absolute Gasteiger partial charge is 0.399 e. The molecule has 2 atom stereocenters. The standard InChI is InChI=1S/C23H28FN3O2/c1-11-13(5-4-6-17(11)25)19-16(24)10-15(22(26)28)21-20(19)14-8-7-12(23(2,3)29)9-18(14)27-21/h4,6,10,12-13,27,29H,5,7-9,25H2,1-3H3,(H2,26,28)/t12-,13?/m0/s1. The number of aryl methyl sites for hydroxylation is 1. The van der Waals surface area contributed by atoms with Crippen molar-refractivity contribution in [2.75, 3.05) is 0 Å². The number of carbonyl (C=O) groups excluding carboxylic acids is 1. The van der Waals surface area contributed by atoms with Gasteiger partial charge in [-0.25, -0.2) is 4.39 Å². The molecular weight excluding hydrogens is 369 g/mol. The lowest BCUT2D eigenvalue weighted by atomic mass is 9.76. The van der Waals surface area contributed by atoms with Gasteiger partial charge in [0.2, 0.25) is 0 Å². The van der Waals surface area contributed by atoms with Gasteiger partial charge in [0.1, 0.15) is 5.82 Å². The van der Waals surface area contributed by atoms with Gasteiger partial charge in [-0.3, -0.25) is 4.79 Å². The van der Waals surface area contributed by atoms with Gasteiger partial charge in [-0.1, -0.05) is 6.08 Å². The number of carbonyl (C=O) groups is 1. The fraction of sp³-hybridized carbons (Fsp3) is 0.435. The molecule has 1 heterocycles. The van der Waals surface area contributed by atoms with Crippen LogP contribution in [0.25, 0.3) is 10.9 Å². The van der Waals surface area contributed by atoms with Crippen molar-refractivity contribution in [3.8, 4) is 0 Å². The van der Waals surface area contributed by atoms with E-state index in [0.717, 1.165) is 28.6 Å². The first-order chi connectivity index (χ1) is 13.6. The fourth-order valence-corrected chi connectivity index (χ4v) is 4.92. The summed E-state index contributed by atoms with van der Waals surface area (Å²) < 4.78 is 15.4. The van der Waals surface area contributed by atoms with Crippen LogP contribution in [0.5, 0.6) is 0 Å². The van der Waals surface area contributed by atoms with Crippen LogP contribution in [-0.2, 0) is 12.8 Å². The Labute approximate surface area is 169 Å². The Morgan fingerprint density at radius 3 is 2.76 bits per heavy atom.